The SMILES string of the molecule is Nc1n[nH]c(-c2cncc(F)c2)c1-c1ccc(Cl)cc1Cl. The van der Waals surface area contributed by atoms with Crippen LogP contribution in [0.2, 0.25) is 10.0 Å². The molecular weight excluding hydrogens is 314 g/mol. The number of rotatable bonds is 2. The van der Waals surface area contributed by atoms with E-state index in [1.165, 1.54) is 12.3 Å². The van der Waals surface area contributed by atoms with Crippen molar-refractivity contribution in [1.29, 1.82) is 0 Å². The first-order valence-corrected chi connectivity index (χ1v) is 6.72. The highest BCUT2D eigenvalue weighted by Gasteiger charge is 2.18. The zero-order chi connectivity index (χ0) is 15.0. The predicted octanol–water partition coefficient (Wildman–Crippen LogP) is 4.17. The number of benzene rings is 1. The van der Waals surface area contributed by atoms with Crippen LogP contribution >= 0.6 is 23.2 Å². The Balaban J connectivity index is 2.22. The molecule has 7 heteroatoms. The Hall–Kier alpha value is -2.11. The van der Waals surface area contributed by atoms with E-state index in [1.807, 2.05) is 0 Å². The largest absolute Gasteiger partial charge is 0.382 e. The first-order valence-electron chi connectivity index (χ1n) is 5.96. The number of H-pyrrole nitrogens is 1. The number of halogens is 3. The van der Waals surface area contributed by atoms with Crippen LogP contribution in [0.15, 0.2) is 36.7 Å². The van der Waals surface area contributed by atoms with Gasteiger partial charge in [-0.1, -0.05) is 29.3 Å². The number of anilines is 1. The summed E-state index contributed by atoms with van der Waals surface area (Å²) in [5, 5.41) is 7.70. The van der Waals surface area contributed by atoms with E-state index in [0.29, 0.717) is 32.4 Å². The number of nitrogens with one attached hydrogen (secondary N) is 1. The molecule has 0 spiro atoms. The Morgan fingerprint density at radius 2 is 1.95 bits per heavy atom. The summed E-state index contributed by atoms with van der Waals surface area (Å²) in [5.41, 5.74) is 8.23. The Labute approximate surface area is 129 Å². The highest BCUT2D eigenvalue weighted by atomic mass is 35.5. The number of pyridine rings is 1. The molecule has 1 aromatic carbocycles. The van der Waals surface area contributed by atoms with E-state index in [1.54, 1.807) is 18.2 Å². The summed E-state index contributed by atoms with van der Waals surface area (Å²) < 4.78 is 13.4. The van der Waals surface area contributed by atoms with Crippen LogP contribution in [0.4, 0.5) is 10.2 Å². The highest BCUT2D eigenvalue weighted by Crippen LogP contribution is 2.39. The van der Waals surface area contributed by atoms with E-state index in [9.17, 15) is 4.39 Å². The van der Waals surface area contributed by atoms with Gasteiger partial charge in [0.1, 0.15) is 5.82 Å². The molecule has 2 aromatic heterocycles. The maximum atomic E-state index is 13.4. The number of nitrogens with zero attached hydrogens (tertiary/aromatic N) is 2. The maximum absolute atomic E-state index is 13.4. The van der Waals surface area contributed by atoms with E-state index in [4.69, 9.17) is 28.9 Å². The molecular formula is C14H9Cl2FN4. The minimum Gasteiger partial charge on any atom is -0.382 e. The minimum absolute atomic E-state index is 0.262. The number of nitrogen functional groups attached to an aromatic ring is 1. The van der Waals surface area contributed by atoms with Gasteiger partial charge in [-0.05, 0) is 18.2 Å². The lowest BCUT2D eigenvalue weighted by Crippen LogP contribution is -1.90. The van der Waals surface area contributed by atoms with Gasteiger partial charge in [0.15, 0.2) is 5.82 Å². The van der Waals surface area contributed by atoms with Crippen LogP contribution in [0.1, 0.15) is 0 Å². The second-order valence-electron chi connectivity index (χ2n) is 4.37. The van der Waals surface area contributed by atoms with Gasteiger partial charge in [-0.15, -0.1) is 0 Å². The monoisotopic (exact) mass is 322 g/mol. The summed E-state index contributed by atoms with van der Waals surface area (Å²) >= 11 is 12.1. The van der Waals surface area contributed by atoms with Crippen molar-refractivity contribution >= 4 is 29.0 Å². The Bertz CT molecular complexity index is 816. The predicted molar refractivity (Wildman–Crippen MR) is 81.6 cm³/mol. The minimum atomic E-state index is -0.450. The topological polar surface area (TPSA) is 67.6 Å². The fourth-order valence-corrected chi connectivity index (χ4v) is 2.58. The summed E-state index contributed by atoms with van der Waals surface area (Å²) in [4.78, 5) is 3.82. The molecule has 4 nitrogen and oxygen atoms in total. The number of hydrogen-bond donors (Lipinski definition) is 2. The average Bonchev–Trinajstić information content (AvgIpc) is 2.81. The van der Waals surface area contributed by atoms with Gasteiger partial charge in [0.2, 0.25) is 0 Å². The molecule has 21 heavy (non-hydrogen) atoms. The van der Waals surface area contributed by atoms with E-state index < -0.39 is 5.82 Å². The van der Waals surface area contributed by atoms with Crippen LogP contribution in [-0.2, 0) is 0 Å². The van der Waals surface area contributed by atoms with Gasteiger partial charge in [0.25, 0.3) is 0 Å². The molecule has 3 aromatic rings. The smallest absolute Gasteiger partial charge is 0.153 e. The van der Waals surface area contributed by atoms with Crippen LogP contribution in [0.25, 0.3) is 22.4 Å². The van der Waals surface area contributed by atoms with Gasteiger partial charge in [-0.3, -0.25) is 10.1 Å². The highest BCUT2D eigenvalue weighted by molar-refractivity contribution is 6.36. The normalized spacial score (nSPS) is 10.8. The number of hydrogen-bond acceptors (Lipinski definition) is 3. The second-order valence-corrected chi connectivity index (χ2v) is 5.22. The third-order valence-corrected chi connectivity index (χ3v) is 3.54. The number of aromatic amines is 1. The molecule has 0 saturated carbocycles. The molecule has 0 atom stereocenters. The molecule has 0 fully saturated rings. The van der Waals surface area contributed by atoms with Crippen LogP contribution < -0.4 is 5.73 Å². The van der Waals surface area contributed by atoms with E-state index in [2.05, 4.69) is 15.2 Å². The third-order valence-electron chi connectivity index (χ3n) is 2.99. The van der Waals surface area contributed by atoms with Crippen molar-refractivity contribution in [3.63, 3.8) is 0 Å². The van der Waals surface area contributed by atoms with Gasteiger partial charge >= 0.3 is 0 Å². The summed E-state index contributed by atoms with van der Waals surface area (Å²) in [6.07, 6.45) is 2.64. The molecule has 0 aliphatic rings. The first kappa shape index (κ1) is 13.9. The van der Waals surface area contributed by atoms with Crippen molar-refractivity contribution in [2.24, 2.45) is 0 Å². The zero-order valence-corrected chi connectivity index (χ0v) is 12.1. The Morgan fingerprint density at radius 3 is 2.67 bits per heavy atom. The summed E-state index contributed by atoms with van der Waals surface area (Å²) in [6.45, 7) is 0. The molecule has 0 amide bonds. The van der Waals surface area contributed by atoms with Crippen molar-refractivity contribution in [3.05, 3.63) is 52.5 Å². The molecule has 2 heterocycles. The molecule has 0 unspecified atom stereocenters. The number of nitrogens with two attached hydrogens (primary N) is 1. The van der Waals surface area contributed by atoms with Crippen molar-refractivity contribution in [2.45, 2.75) is 0 Å². The lowest BCUT2D eigenvalue weighted by atomic mass is 10.0. The van der Waals surface area contributed by atoms with Crippen LogP contribution in [0, 0.1) is 5.82 Å². The molecule has 0 bridgehead atoms. The lowest BCUT2D eigenvalue weighted by Gasteiger charge is -2.07. The Morgan fingerprint density at radius 1 is 1.14 bits per heavy atom. The van der Waals surface area contributed by atoms with Gasteiger partial charge < -0.3 is 5.73 Å². The zero-order valence-electron chi connectivity index (χ0n) is 10.6. The number of aromatic nitrogens is 3. The van der Waals surface area contributed by atoms with E-state index in [-0.39, 0.29) is 5.82 Å². The van der Waals surface area contributed by atoms with Crippen LogP contribution in [0.5, 0.6) is 0 Å². The van der Waals surface area contributed by atoms with Gasteiger partial charge in [-0.25, -0.2) is 4.39 Å². The second kappa shape index (κ2) is 5.35. The van der Waals surface area contributed by atoms with Crippen molar-refractivity contribution in [3.8, 4) is 22.4 Å². The summed E-state index contributed by atoms with van der Waals surface area (Å²) in [5.74, 6) is -0.188. The maximum Gasteiger partial charge on any atom is 0.153 e. The molecule has 0 aliphatic heterocycles. The summed E-state index contributed by atoms with van der Waals surface area (Å²) in [6, 6.07) is 6.39. The fraction of sp³-hybridized carbons (Fsp3) is 0. The van der Waals surface area contributed by atoms with Gasteiger partial charge in [0.05, 0.1) is 22.5 Å². The molecule has 3 rings (SSSR count). The quantitative estimate of drug-likeness (QED) is 0.744. The van der Waals surface area contributed by atoms with Gasteiger partial charge in [0, 0.05) is 22.3 Å². The van der Waals surface area contributed by atoms with Crippen molar-refractivity contribution in [1.82, 2.24) is 15.2 Å². The Kier molecular flexibility index (Phi) is 3.53. The standard InChI is InChI=1S/C14H9Cl2FN4/c15-8-1-2-10(11(16)4-8)12-13(20-21-14(12)18)7-3-9(17)6-19-5-7/h1-6H,(H3,18,20,21). The average molecular weight is 323 g/mol. The lowest BCUT2D eigenvalue weighted by molar-refractivity contribution is 0.622. The van der Waals surface area contributed by atoms with E-state index >= 15 is 0 Å². The molecule has 106 valence electrons. The van der Waals surface area contributed by atoms with Crippen molar-refractivity contribution in [2.75, 3.05) is 5.73 Å². The van der Waals surface area contributed by atoms with Gasteiger partial charge in [-0.2, -0.15) is 5.10 Å². The molecule has 3 N–H and O–H groups in total. The van der Waals surface area contributed by atoms with Crippen molar-refractivity contribution < 1.29 is 4.39 Å². The summed E-state index contributed by atoms with van der Waals surface area (Å²) in [7, 11) is 0. The first-order chi connectivity index (χ1) is 10.1. The molecule has 0 radical (unpaired) electrons. The third kappa shape index (κ3) is 2.57. The van der Waals surface area contributed by atoms with Crippen LogP contribution in [0.3, 0.4) is 0 Å². The van der Waals surface area contributed by atoms with E-state index in [0.717, 1.165) is 6.20 Å². The molecule has 0 aliphatic carbocycles. The molecule has 0 saturated heterocycles. The van der Waals surface area contributed by atoms with Crippen LogP contribution in [-0.4, -0.2) is 15.2 Å². The fourth-order valence-electron chi connectivity index (χ4n) is 2.08.